The zero-order chi connectivity index (χ0) is 25.9. The normalized spacial score (nSPS) is 18.5. The van der Waals surface area contributed by atoms with Crippen molar-refractivity contribution in [2.45, 2.75) is 131 Å². The van der Waals surface area contributed by atoms with Crippen molar-refractivity contribution in [2.75, 3.05) is 0 Å². The van der Waals surface area contributed by atoms with Gasteiger partial charge in [0.1, 0.15) is 0 Å². The van der Waals surface area contributed by atoms with Crippen LogP contribution in [0.4, 0.5) is 0 Å². The van der Waals surface area contributed by atoms with Gasteiger partial charge in [-0.25, -0.2) is 0 Å². The minimum atomic E-state index is -0.829. The van der Waals surface area contributed by atoms with Crippen molar-refractivity contribution in [3.8, 4) is 0 Å². The maximum Gasteiger partial charge on any atom is 0.185 e. The third kappa shape index (κ3) is 10.4. The molecule has 3 atom stereocenters. The number of aliphatic hydroxyl groups is 1. The Bertz CT molecular complexity index is 751. The van der Waals surface area contributed by atoms with E-state index in [1.807, 2.05) is 6.92 Å². The molecule has 0 aromatic rings. The van der Waals surface area contributed by atoms with Crippen LogP contribution in [0.25, 0.3) is 0 Å². The van der Waals surface area contributed by atoms with E-state index >= 15 is 0 Å². The fourth-order valence-electron chi connectivity index (χ4n) is 5.02. The second-order valence-electron chi connectivity index (χ2n) is 11.7. The van der Waals surface area contributed by atoms with E-state index in [0.717, 1.165) is 31.1 Å². The lowest BCUT2D eigenvalue weighted by molar-refractivity contribution is -0.116. The molecule has 1 aliphatic carbocycles. The van der Waals surface area contributed by atoms with E-state index in [1.165, 1.54) is 38.5 Å². The zero-order valence-electron chi connectivity index (χ0n) is 23.3. The van der Waals surface area contributed by atoms with Gasteiger partial charge in [-0.1, -0.05) is 85.1 Å². The molecule has 3 heteroatoms. The molecular formula is C31H52O3. The highest BCUT2D eigenvalue weighted by Gasteiger charge is 2.31. The minimum Gasteiger partial charge on any atom is -0.390 e. The van der Waals surface area contributed by atoms with E-state index in [4.69, 9.17) is 0 Å². The molecule has 0 bridgehead atoms. The lowest BCUT2D eigenvalue weighted by Gasteiger charge is -2.26. The van der Waals surface area contributed by atoms with Gasteiger partial charge in [-0.3, -0.25) is 9.59 Å². The van der Waals surface area contributed by atoms with Gasteiger partial charge in [0.05, 0.1) is 5.60 Å². The molecule has 3 nitrogen and oxygen atoms in total. The Balaban J connectivity index is 2.43. The van der Waals surface area contributed by atoms with E-state index in [2.05, 4.69) is 34.3 Å². The van der Waals surface area contributed by atoms with Gasteiger partial charge >= 0.3 is 0 Å². The van der Waals surface area contributed by atoms with Gasteiger partial charge < -0.3 is 5.11 Å². The molecule has 34 heavy (non-hydrogen) atoms. The van der Waals surface area contributed by atoms with Crippen LogP contribution >= 0.6 is 0 Å². The first-order chi connectivity index (χ1) is 15.9. The van der Waals surface area contributed by atoms with E-state index in [1.54, 1.807) is 19.9 Å². The summed E-state index contributed by atoms with van der Waals surface area (Å²) < 4.78 is 0. The van der Waals surface area contributed by atoms with E-state index < -0.39 is 5.60 Å². The van der Waals surface area contributed by atoms with E-state index in [9.17, 15) is 14.7 Å². The highest BCUT2D eigenvalue weighted by Crippen LogP contribution is 2.32. The van der Waals surface area contributed by atoms with Crippen molar-refractivity contribution in [3.63, 3.8) is 0 Å². The molecule has 1 N–H and O–H groups in total. The van der Waals surface area contributed by atoms with Gasteiger partial charge in [-0.2, -0.15) is 0 Å². The quantitative estimate of drug-likeness (QED) is 0.171. The molecule has 0 fully saturated rings. The number of hydrogen-bond acceptors (Lipinski definition) is 3. The maximum absolute atomic E-state index is 12.8. The third-order valence-electron chi connectivity index (χ3n) is 7.70. The molecule has 0 spiro atoms. The summed E-state index contributed by atoms with van der Waals surface area (Å²) in [6.07, 6.45) is 13.8. The molecule has 0 radical (unpaired) electrons. The van der Waals surface area contributed by atoms with Crippen molar-refractivity contribution in [3.05, 3.63) is 34.9 Å². The van der Waals surface area contributed by atoms with Crippen molar-refractivity contribution >= 4 is 11.6 Å². The van der Waals surface area contributed by atoms with Gasteiger partial charge in [-0.15, -0.1) is 6.58 Å². The predicted octanol–water partition coefficient (Wildman–Crippen LogP) is 8.32. The number of rotatable bonds is 17. The Labute approximate surface area is 210 Å². The van der Waals surface area contributed by atoms with Crippen molar-refractivity contribution < 1.29 is 14.7 Å². The minimum absolute atomic E-state index is 0.0446. The summed E-state index contributed by atoms with van der Waals surface area (Å²) in [5.74, 6) is 2.22. The summed E-state index contributed by atoms with van der Waals surface area (Å²) in [5.41, 5.74) is 1.38. The second kappa shape index (κ2) is 14.8. The molecule has 0 saturated heterocycles. The van der Waals surface area contributed by atoms with Gasteiger partial charge in [0.25, 0.3) is 0 Å². The standard InChI is InChI=1S/C31H52O3/c1-9-13-27-28(30(33)26(7)25(6)29(27)32)19-21-31(8,34)20-12-18-24(5)17-11-16-23(4)15-10-14-22(2)3/h9,22-24,34H,1,10-21H2,2-8H3/t23-,24-,31?/m1/s1. The number of hydrogen-bond donors (Lipinski definition) is 1. The highest BCUT2D eigenvalue weighted by molar-refractivity contribution is 6.24. The SMILES string of the molecule is C=CCC1=C(CCC(C)(O)CCC[C@H](C)CCC[C@H](C)CCCC(C)C)C(=O)C(C)=C(C)C1=O. The molecule has 0 aliphatic heterocycles. The zero-order valence-corrected chi connectivity index (χ0v) is 23.3. The number of ketones is 2. The largest absolute Gasteiger partial charge is 0.390 e. The third-order valence-corrected chi connectivity index (χ3v) is 7.70. The summed E-state index contributed by atoms with van der Waals surface area (Å²) in [7, 11) is 0. The maximum atomic E-state index is 12.8. The molecular weight excluding hydrogens is 420 g/mol. The fourth-order valence-corrected chi connectivity index (χ4v) is 5.02. The molecule has 1 rings (SSSR count). The van der Waals surface area contributed by atoms with E-state index in [0.29, 0.717) is 47.5 Å². The van der Waals surface area contributed by atoms with Gasteiger partial charge in [-0.05, 0) is 64.2 Å². The number of carbonyl (C=O) groups is 2. The van der Waals surface area contributed by atoms with Crippen LogP contribution in [0, 0.1) is 17.8 Å². The summed E-state index contributed by atoms with van der Waals surface area (Å²) in [4.78, 5) is 25.5. The van der Waals surface area contributed by atoms with Gasteiger partial charge in [0.2, 0.25) is 0 Å². The average Bonchev–Trinajstić information content (AvgIpc) is 2.75. The first kappa shape index (κ1) is 30.6. The molecule has 194 valence electrons. The number of carbonyl (C=O) groups excluding carboxylic acids is 2. The van der Waals surface area contributed by atoms with Crippen LogP contribution in [0.5, 0.6) is 0 Å². The first-order valence-corrected chi connectivity index (χ1v) is 13.7. The van der Waals surface area contributed by atoms with Crippen LogP contribution in [-0.4, -0.2) is 22.3 Å². The lowest BCUT2D eigenvalue weighted by atomic mass is 9.80. The molecule has 1 unspecified atom stereocenters. The van der Waals surface area contributed by atoms with E-state index in [-0.39, 0.29) is 11.6 Å². The summed E-state index contributed by atoms with van der Waals surface area (Å²) in [6.45, 7) is 18.4. The summed E-state index contributed by atoms with van der Waals surface area (Å²) >= 11 is 0. The van der Waals surface area contributed by atoms with Crippen molar-refractivity contribution in [1.29, 1.82) is 0 Å². The monoisotopic (exact) mass is 472 g/mol. The Hall–Kier alpha value is -1.48. The second-order valence-corrected chi connectivity index (χ2v) is 11.7. The average molecular weight is 473 g/mol. The Morgan fingerprint density at radius 1 is 0.794 bits per heavy atom. The topological polar surface area (TPSA) is 54.4 Å². The van der Waals surface area contributed by atoms with Crippen LogP contribution in [-0.2, 0) is 9.59 Å². The molecule has 0 saturated carbocycles. The number of allylic oxidation sites excluding steroid dienone is 5. The van der Waals surface area contributed by atoms with Crippen LogP contribution in [0.1, 0.15) is 126 Å². The molecule has 0 heterocycles. The molecule has 1 aliphatic rings. The fraction of sp³-hybridized carbons (Fsp3) is 0.742. The lowest BCUT2D eigenvalue weighted by Crippen LogP contribution is -2.27. The summed E-state index contributed by atoms with van der Waals surface area (Å²) in [5, 5.41) is 11.0. The van der Waals surface area contributed by atoms with Crippen LogP contribution in [0.2, 0.25) is 0 Å². The van der Waals surface area contributed by atoms with Crippen LogP contribution in [0.15, 0.2) is 34.9 Å². The van der Waals surface area contributed by atoms with Gasteiger partial charge in [0.15, 0.2) is 11.6 Å². The summed E-state index contributed by atoms with van der Waals surface area (Å²) in [6, 6.07) is 0. The van der Waals surface area contributed by atoms with Crippen molar-refractivity contribution in [1.82, 2.24) is 0 Å². The molecule has 0 aromatic heterocycles. The Kier molecular flexibility index (Phi) is 13.3. The Morgan fingerprint density at radius 3 is 1.76 bits per heavy atom. The number of Topliss-reactive ketones (excluding diaryl/α,β-unsaturated/α-hetero) is 2. The van der Waals surface area contributed by atoms with Gasteiger partial charge in [0, 0.05) is 22.3 Å². The van der Waals surface area contributed by atoms with Crippen LogP contribution in [0.3, 0.4) is 0 Å². The van der Waals surface area contributed by atoms with Crippen molar-refractivity contribution in [2.24, 2.45) is 17.8 Å². The first-order valence-electron chi connectivity index (χ1n) is 13.7. The smallest absolute Gasteiger partial charge is 0.185 e. The van der Waals surface area contributed by atoms with Crippen LogP contribution < -0.4 is 0 Å². The molecule has 0 aromatic carbocycles. The predicted molar refractivity (Wildman–Crippen MR) is 145 cm³/mol. The molecule has 0 amide bonds. The Morgan fingerprint density at radius 2 is 1.26 bits per heavy atom. The highest BCUT2D eigenvalue weighted by atomic mass is 16.3.